The maximum absolute atomic E-state index is 11.7. The number of aromatic nitrogens is 2. The topological polar surface area (TPSA) is 109 Å². The largest absolute Gasteiger partial charge is 0.476 e. The van der Waals surface area contributed by atoms with Crippen molar-refractivity contribution in [2.45, 2.75) is 17.9 Å². The molecule has 0 fully saturated rings. The minimum Gasteiger partial charge on any atom is -0.476 e. The second-order valence-corrected chi connectivity index (χ2v) is 9.80. The van der Waals surface area contributed by atoms with Gasteiger partial charge in [0, 0.05) is 23.2 Å². The molecule has 0 bridgehead atoms. The number of benzene rings is 2. The quantitative estimate of drug-likeness (QED) is 0.474. The van der Waals surface area contributed by atoms with Crippen molar-refractivity contribution in [2.75, 3.05) is 6.26 Å². The SMILES string of the molecule is CS(=O)(=O)c1ccc(Cc2cn(-c3nc(C(=O)O)cs3)c3cc(CO)ccc23)cc1. The van der Waals surface area contributed by atoms with Crippen molar-refractivity contribution in [1.29, 1.82) is 0 Å². The summed E-state index contributed by atoms with van der Waals surface area (Å²) in [6, 6.07) is 12.4. The fourth-order valence-corrected chi connectivity index (χ4v) is 4.70. The summed E-state index contributed by atoms with van der Waals surface area (Å²) in [6.07, 6.45) is 3.64. The molecular formula is C21H18N2O5S2. The molecule has 0 aliphatic heterocycles. The van der Waals surface area contributed by atoms with E-state index in [4.69, 9.17) is 0 Å². The average molecular weight is 443 g/mol. The molecule has 2 heterocycles. The van der Waals surface area contributed by atoms with E-state index in [0.29, 0.717) is 11.6 Å². The number of hydrogen-bond donors (Lipinski definition) is 2. The van der Waals surface area contributed by atoms with Crippen LogP contribution < -0.4 is 0 Å². The van der Waals surface area contributed by atoms with Crippen LogP contribution in [0.5, 0.6) is 0 Å². The van der Waals surface area contributed by atoms with Gasteiger partial charge in [0.2, 0.25) is 0 Å². The summed E-state index contributed by atoms with van der Waals surface area (Å²) in [5.41, 5.74) is 3.45. The van der Waals surface area contributed by atoms with E-state index in [1.54, 1.807) is 24.3 Å². The summed E-state index contributed by atoms with van der Waals surface area (Å²) < 4.78 is 25.2. The number of sulfone groups is 1. The highest BCUT2D eigenvalue weighted by molar-refractivity contribution is 7.90. The normalized spacial score (nSPS) is 11.8. The highest BCUT2D eigenvalue weighted by Gasteiger charge is 2.16. The van der Waals surface area contributed by atoms with E-state index >= 15 is 0 Å². The van der Waals surface area contributed by atoms with Crippen LogP contribution in [-0.2, 0) is 22.9 Å². The van der Waals surface area contributed by atoms with E-state index in [2.05, 4.69) is 4.98 Å². The molecule has 2 aromatic heterocycles. The Morgan fingerprint density at radius 2 is 1.83 bits per heavy atom. The van der Waals surface area contributed by atoms with Crippen LogP contribution >= 0.6 is 11.3 Å². The van der Waals surface area contributed by atoms with Gasteiger partial charge < -0.3 is 10.2 Å². The number of nitrogens with zero attached hydrogens (tertiary/aromatic N) is 2. The molecule has 0 aliphatic carbocycles. The van der Waals surface area contributed by atoms with Crippen molar-refractivity contribution < 1.29 is 23.4 Å². The number of fused-ring (bicyclic) bond motifs is 1. The second-order valence-electron chi connectivity index (χ2n) is 6.95. The number of rotatable bonds is 6. The van der Waals surface area contributed by atoms with Gasteiger partial charge in [0.1, 0.15) is 0 Å². The molecule has 0 atom stereocenters. The van der Waals surface area contributed by atoms with E-state index in [-0.39, 0.29) is 17.2 Å². The number of carbonyl (C=O) groups is 1. The van der Waals surface area contributed by atoms with E-state index in [9.17, 15) is 23.4 Å². The van der Waals surface area contributed by atoms with Crippen molar-refractivity contribution in [3.8, 4) is 5.13 Å². The molecule has 0 aliphatic rings. The average Bonchev–Trinajstić information content (AvgIpc) is 3.33. The van der Waals surface area contributed by atoms with Crippen molar-refractivity contribution in [3.63, 3.8) is 0 Å². The van der Waals surface area contributed by atoms with Crippen molar-refractivity contribution in [1.82, 2.24) is 9.55 Å². The van der Waals surface area contributed by atoms with E-state index in [0.717, 1.165) is 27.6 Å². The monoisotopic (exact) mass is 442 g/mol. The van der Waals surface area contributed by atoms with Crippen molar-refractivity contribution in [2.24, 2.45) is 0 Å². The molecule has 4 rings (SSSR count). The zero-order chi connectivity index (χ0) is 21.5. The molecule has 9 heteroatoms. The first-order chi connectivity index (χ1) is 14.3. The molecule has 0 spiro atoms. The van der Waals surface area contributed by atoms with Gasteiger partial charge in [-0.3, -0.25) is 4.57 Å². The fraction of sp³-hybridized carbons (Fsp3) is 0.143. The van der Waals surface area contributed by atoms with Crippen LogP contribution in [0.15, 0.2) is 58.9 Å². The number of thiazole rings is 1. The lowest BCUT2D eigenvalue weighted by Gasteiger charge is -2.03. The third-order valence-electron chi connectivity index (χ3n) is 4.80. The Labute approximate surface area is 176 Å². The molecule has 154 valence electrons. The third kappa shape index (κ3) is 3.87. The van der Waals surface area contributed by atoms with E-state index < -0.39 is 15.8 Å². The van der Waals surface area contributed by atoms with Gasteiger partial charge in [0.05, 0.1) is 17.0 Å². The number of aliphatic hydroxyl groups is 1. The van der Waals surface area contributed by atoms with Crippen molar-refractivity contribution >= 4 is 38.0 Å². The lowest BCUT2D eigenvalue weighted by Crippen LogP contribution is -1.98. The summed E-state index contributed by atoms with van der Waals surface area (Å²) in [5.74, 6) is -1.09. The molecule has 0 radical (unpaired) electrons. The molecule has 7 nitrogen and oxygen atoms in total. The van der Waals surface area contributed by atoms with Crippen LogP contribution in [0.4, 0.5) is 0 Å². The summed E-state index contributed by atoms with van der Waals surface area (Å²) in [5, 5.41) is 21.7. The van der Waals surface area contributed by atoms with Gasteiger partial charge >= 0.3 is 5.97 Å². The predicted octanol–water partition coefficient (Wildman–Crippen LogP) is 3.27. The molecule has 0 saturated carbocycles. The summed E-state index contributed by atoms with van der Waals surface area (Å²) >= 11 is 1.23. The van der Waals surface area contributed by atoms with Gasteiger partial charge in [-0.2, -0.15) is 0 Å². The molecule has 4 aromatic rings. The Hall–Kier alpha value is -3.01. The van der Waals surface area contributed by atoms with Gasteiger partial charge in [-0.05, 0) is 41.3 Å². The summed E-state index contributed by atoms with van der Waals surface area (Å²) in [4.78, 5) is 15.7. The highest BCUT2D eigenvalue weighted by Crippen LogP contribution is 2.29. The lowest BCUT2D eigenvalue weighted by molar-refractivity contribution is 0.0691. The first kappa shape index (κ1) is 20.3. The number of carboxylic acid groups (broad SMARTS) is 1. The molecule has 0 amide bonds. The maximum atomic E-state index is 11.7. The number of aliphatic hydroxyl groups excluding tert-OH is 1. The smallest absolute Gasteiger partial charge is 0.355 e. The minimum atomic E-state index is -3.25. The van der Waals surface area contributed by atoms with Crippen LogP contribution in [-0.4, -0.2) is 40.4 Å². The van der Waals surface area contributed by atoms with Gasteiger partial charge in [-0.1, -0.05) is 24.3 Å². The molecular weight excluding hydrogens is 424 g/mol. The van der Waals surface area contributed by atoms with Crippen LogP contribution in [0, 0.1) is 0 Å². The standard InChI is InChI=1S/C21H18N2O5S2/c1-30(27,28)16-5-2-13(3-6-16)8-15-10-23(21-22-18(12-29-21)20(25)26)19-9-14(11-24)4-7-17(15)19/h2-7,9-10,12,24H,8,11H2,1H3,(H,25,26). The number of carboxylic acids is 1. The first-order valence-corrected chi connectivity index (χ1v) is 11.8. The number of aromatic carboxylic acids is 1. The third-order valence-corrected chi connectivity index (χ3v) is 6.77. The Kier molecular flexibility index (Phi) is 5.19. The van der Waals surface area contributed by atoms with E-state index in [1.165, 1.54) is 23.0 Å². The molecule has 2 aromatic carbocycles. The Balaban J connectivity index is 1.79. The maximum Gasteiger partial charge on any atom is 0.355 e. The van der Waals surface area contributed by atoms with Gasteiger partial charge in [-0.25, -0.2) is 18.2 Å². The van der Waals surface area contributed by atoms with E-state index in [1.807, 2.05) is 29.0 Å². The van der Waals surface area contributed by atoms with Gasteiger partial charge in [0.15, 0.2) is 20.7 Å². The number of hydrogen-bond acceptors (Lipinski definition) is 6. The van der Waals surface area contributed by atoms with Gasteiger partial charge in [0.25, 0.3) is 0 Å². The highest BCUT2D eigenvalue weighted by atomic mass is 32.2. The molecule has 0 unspecified atom stereocenters. The van der Waals surface area contributed by atoms with Crippen LogP contribution in [0.2, 0.25) is 0 Å². The summed E-state index contributed by atoms with van der Waals surface area (Å²) in [7, 11) is -3.25. The van der Waals surface area contributed by atoms with Crippen LogP contribution in [0.1, 0.15) is 27.2 Å². The molecule has 30 heavy (non-hydrogen) atoms. The zero-order valence-corrected chi connectivity index (χ0v) is 17.6. The lowest BCUT2D eigenvalue weighted by atomic mass is 10.0. The second kappa shape index (κ2) is 7.67. The zero-order valence-electron chi connectivity index (χ0n) is 15.9. The van der Waals surface area contributed by atoms with Crippen LogP contribution in [0.3, 0.4) is 0 Å². The Bertz CT molecular complexity index is 1350. The molecule has 2 N–H and O–H groups in total. The van der Waals surface area contributed by atoms with Crippen LogP contribution in [0.25, 0.3) is 16.0 Å². The fourth-order valence-electron chi connectivity index (χ4n) is 3.29. The first-order valence-electron chi connectivity index (χ1n) is 8.98. The predicted molar refractivity (Wildman–Crippen MR) is 114 cm³/mol. The Morgan fingerprint density at radius 3 is 2.43 bits per heavy atom. The minimum absolute atomic E-state index is 0.0203. The Morgan fingerprint density at radius 1 is 1.13 bits per heavy atom. The van der Waals surface area contributed by atoms with Crippen molar-refractivity contribution in [3.05, 3.63) is 76.4 Å². The summed E-state index contributed by atoms with van der Waals surface area (Å²) in [6.45, 7) is -0.109. The van der Waals surface area contributed by atoms with Gasteiger partial charge in [-0.15, -0.1) is 11.3 Å². The molecule has 0 saturated heterocycles.